The van der Waals surface area contributed by atoms with E-state index >= 15 is 0 Å². The van der Waals surface area contributed by atoms with Crippen LogP contribution in [0.2, 0.25) is 0 Å². The summed E-state index contributed by atoms with van der Waals surface area (Å²) in [7, 11) is 0. The summed E-state index contributed by atoms with van der Waals surface area (Å²) in [5.41, 5.74) is 1.78. The van der Waals surface area contributed by atoms with Gasteiger partial charge in [0.1, 0.15) is 6.54 Å². The smallest absolute Gasteiger partial charge is 0.247 e. The molecule has 0 aliphatic carbocycles. The van der Waals surface area contributed by atoms with Crippen LogP contribution >= 0.6 is 15.9 Å². The zero-order valence-corrected chi connectivity index (χ0v) is 11.7. The Balaban J connectivity index is 1.82. The largest absolute Gasteiger partial charge is 0.419 e. The van der Waals surface area contributed by atoms with Crippen LogP contribution in [-0.4, -0.2) is 25.0 Å². The van der Waals surface area contributed by atoms with Gasteiger partial charge in [0.2, 0.25) is 11.8 Å². The number of nitrogens with zero attached hydrogens (tertiary/aromatic N) is 5. The lowest BCUT2D eigenvalue weighted by molar-refractivity contribution is 0.473. The van der Waals surface area contributed by atoms with Gasteiger partial charge in [0.25, 0.3) is 0 Å². The van der Waals surface area contributed by atoms with Crippen molar-refractivity contribution >= 4 is 15.9 Å². The molecule has 19 heavy (non-hydrogen) atoms. The third-order valence-corrected chi connectivity index (χ3v) is 3.36. The van der Waals surface area contributed by atoms with Crippen molar-refractivity contribution in [3.63, 3.8) is 0 Å². The molecule has 0 bridgehead atoms. The molecule has 6 nitrogen and oxygen atoms in total. The van der Waals surface area contributed by atoms with Gasteiger partial charge in [-0.05, 0) is 35.0 Å². The molecule has 3 aromatic heterocycles. The molecule has 96 valence electrons. The molecule has 0 N–H and O–H groups in total. The molecule has 0 amide bonds. The zero-order valence-electron chi connectivity index (χ0n) is 10.1. The van der Waals surface area contributed by atoms with Crippen LogP contribution < -0.4 is 0 Å². The molecule has 0 aliphatic heterocycles. The van der Waals surface area contributed by atoms with E-state index in [1.54, 1.807) is 17.1 Å². The van der Waals surface area contributed by atoms with Crippen molar-refractivity contribution in [3.05, 3.63) is 46.8 Å². The number of pyridine rings is 1. The molecule has 0 saturated carbocycles. The Bertz CT molecular complexity index is 672. The van der Waals surface area contributed by atoms with Crippen LogP contribution in [0, 0.1) is 6.92 Å². The van der Waals surface area contributed by atoms with Gasteiger partial charge in [-0.3, -0.25) is 9.67 Å². The Morgan fingerprint density at radius 3 is 2.74 bits per heavy atom. The summed E-state index contributed by atoms with van der Waals surface area (Å²) in [5, 5.41) is 12.3. The third kappa shape index (κ3) is 2.55. The van der Waals surface area contributed by atoms with Crippen LogP contribution in [0.4, 0.5) is 0 Å². The minimum atomic E-state index is 0.449. The maximum atomic E-state index is 5.60. The number of aromatic nitrogens is 5. The molecule has 0 aromatic carbocycles. The van der Waals surface area contributed by atoms with E-state index in [2.05, 4.69) is 36.2 Å². The van der Waals surface area contributed by atoms with E-state index in [9.17, 15) is 0 Å². The number of halogens is 1. The Labute approximate surface area is 117 Å². The van der Waals surface area contributed by atoms with Crippen molar-refractivity contribution < 1.29 is 4.42 Å². The summed E-state index contributed by atoms with van der Waals surface area (Å²) in [6.45, 7) is 2.38. The maximum absolute atomic E-state index is 5.60. The molecular weight excluding hydrogens is 310 g/mol. The molecule has 0 spiro atoms. The lowest BCUT2D eigenvalue weighted by atomic mass is 10.3. The second-order valence-electron chi connectivity index (χ2n) is 4.00. The second kappa shape index (κ2) is 4.93. The van der Waals surface area contributed by atoms with E-state index in [-0.39, 0.29) is 0 Å². The lowest BCUT2D eigenvalue weighted by Gasteiger charge is -1.95. The average molecular weight is 320 g/mol. The zero-order chi connectivity index (χ0) is 13.2. The molecule has 0 radical (unpaired) electrons. The van der Waals surface area contributed by atoms with E-state index in [4.69, 9.17) is 4.42 Å². The Kier molecular flexibility index (Phi) is 3.12. The Hall–Kier alpha value is -2.02. The van der Waals surface area contributed by atoms with Gasteiger partial charge in [0, 0.05) is 24.2 Å². The highest BCUT2D eigenvalue weighted by Gasteiger charge is 2.10. The number of hydrogen-bond acceptors (Lipinski definition) is 5. The standard InChI is InChI=1S/C12H10BrN5O/c1-8-10(13)6-18(17-8)7-11-15-16-12(19-11)9-2-4-14-5-3-9/h2-6H,7H2,1H3. The first kappa shape index (κ1) is 12.0. The summed E-state index contributed by atoms with van der Waals surface area (Å²) in [6, 6.07) is 3.65. The summed E-state index contributed by atoms with van der Waals surface area (Å²) in [6.07, 6.45) is 5.26. The highest BCUT2D eigenvalue weighted by molar-refractivity contribution is 9.10. The number of hydrogen-bond donors (Lipinski definition) is 0. The summed E-state index contributed by atoms with van der Waals surface area (Å²) in [5.74, 6) is 1.00. The van der Waals surface area contributed by atoms with Crippen molar-refractivity contribution in [2.45, 2.75) is 13.5 Å². The van der Waals surface area contributed by atoms with Crippen LogP contribution in [-0.2, 0) is 6.54 Å². The lowest BCUT2D eigenvalue weighted by Crippen LogP contribution is -2.00. The minimum absolute atomic E-state index is 0.449. The Morgan fingerprint density at radius 1 is 1.26 bits per heavy atom. The molecule has 0 saturated heterocycles. The Morgan fingerprint density at radius 2 is 2.05 bits per heavy atom. The molecule has 7 heteroatoms. The first-order chi connectivity index (χ1) is 9.22. The number of aryl methyl sites for hydroxylation is 1. The second-order valence-corrected chi connectivity index (χ2v) is 4.85. The van der Waals surface area contributed by atoms with Gasteiger partial charge >= 0.3 is 0 Å². The normalized spacial score (nSPS) is 10.8. The van der Waals surface area contributed by atoms with E-state index in [1.165, 1.54) is 0 Å². The van der Waals surface area contributed by atoms with Gasteiger partial charge in [0.15, 0.2) is 0 Å². The van der Waals surface area contributed by atoms with Gasteiger partial charge in [0.05, 0.1) is 10.2 Å². The minimum Gasteiger partial charge on any atom is -0.419 e. The topological polar surface area (TPSA) is 69.6 Å². The van der Waals surface area contributed by atoms with Gasteiger partial charge in [-0.2, -0.15) is 5.10 Å². The van der Waals surface area contributed by atoms with Gasteiger partial charge < -0.3 is 4.42 Å². The SMILES string of the molecule is Cc1nn(Cc2nnc(-c3ccncc3)o2)cc1Br. The van der Waals surface area contributed by atoms with E-state index < -0.39 is 0 Å². The first-order valence-electron chi connectivity index (χ1n) is 5.65. The fourth-order valence-corrected chi connectivity index (χ4v) is 1.96. The van der Waals surface area contributed by atoms with E-state index in [1.807, 2.05) is 25.3 Å². The van der Waals surface area contributed by atoms with E-state index in [0.29, 0.717) is 18.3 Å². The van der Waals surface area contributed by atoms with Crippen LogP contribution in [0.1, 0.15) is 11.6 Å². The van der Waals surface area contributed by atoms with Crippen LogP contribution in [0.3, 0.4) is 0 Å². The molecule has 0 aliphatic rings. The van der Waals surface area contributed by atoms with Crippen molar-refractivity contribution in [2.75, 3.05) is 0 Å². The van der Waals surface area contributed by atoms with Crippen LogP contribution in [0.15, 0.2) is 39.6 Å². The fourth-order valence-electron chi connectivity index (χ4n) is 1.64. The summed E-state index contributed by atoms with van der Waals surface area (Å²) < 4.78 is 8.31. The highest BCUT2D eigenvalue weighted by atomic mass is 79.9. The van der Waals surface area contributed by atoms with Crippen molar-refractivity contribution in [2.24, 2.45) is 0 Å². The highest BCUT2D eigenvalue weighted by Crippen LogP contribution is 2.18. The maximum Gasteiger partial charge on any atom is 0.247 e. The average Bonchev–Trinajstić information content (AvgIpc) is 2.99. The quantitative estimate of drug-likeness (QED) is 0.741. The van der Waals surface area contributed by atoms with Crippen molar-refractivity contribution in [3.8, 4) is 11.5 Å². The fraction of sp³-hybridized carbons (Fsp3) is 0.167. The van der Waals surface area contributed by atoms with Crippen molar-refractivity contribution in [1.82, 2.24) is 25.0 Å². The molecule has 3 rings (SSSR count). The predicted molar refractivity (Wildman–Crippen MR) is 71.3 cm³/mol. The van der Waals surface area contributed by atoms with Crippen molar-refractivity contribution in [1.29, 1.82) is 0 Å². The molecule has 0 unspecified atom stereocenters. The van der Waals surface area contributed by atoms with Gasteiger partial charge in [-0.25, -0.2) is 0 Å². The molecule has 0 fully saturated rings. The van der Waals surface area contributed by atoms with Gasteiger partial charge in [-0.15, -0.1) is 10.2 Å². The molecule has 3 heterocycles. The molecule has 3 aromatic rings. The number of rotatable bonds is 3. The molecular formula is C12H10BrN5O. The van der Waals surface area contributed by atoms with Crippen LogP contribution in [0.5, 0.6) is 0 Å². The third-order valence-electron chi connectivity index (χ3n) is 2.58. The first-order valence-corrected chi connectivity index (χ1v) is 6.44. The summed E-state index contributed by atoms with van der Waals surface area (Å²) in [4.78, 5) is 3.95. The van der Waals surface area contributed by atoms with E-state index in [0.717, 1.165) is 15.7 Å². The summed E-state index contributed by atoms with van der Waals surface area (Å²) >= 11 is 3.41. The molecule has 0 atom stereocenters. The monoisotopic (exact) mass is 319 g/mol. The van der Waals surface area contributed by atoms with Gasteiger partial charge in [-0.1, -0.05) is 0 Å². The predicted octanol–water partition coefficient (Wildman–Crippen LogP) is 2.45. The van der Waals surface area contributed by atoms with Crippen LogP contribution in [0.25, 0.3) is 11.5 Å².